The van der Waals surface area contributed by atoms with Crippen molar-refractivity contribution in [1.82, 2.24) is 15.6 Å². The summed E-state index contributed by atoms with van der Waals surface area (Å²) in [5.74, 6) is 1.66. The molecule has 0 aliphatic rings. The SMILES string of the molecule is CCc1cnc(CNC(=NC)NCc2ccc(C)cc2OC(C)(C)C)s1. The molecule has 0 atom stereocenters. The molecule has 26 heavy (non-hydrogen) atoms. The second kappa shape index (κ2) is 9.03. The molecular weight excluding hydrogens is 344 g/mol. The predicted molar refractivity (Wildman–Crippen MR) is 110 cm³/mol. The second-order valence-electron chi connectivity index (χ2n) is 7.18. The molecule has 0 saturated carbocycles. The van der Waals surface area contributed by atoms with Crippen molar-refractivity contribution in [2.24, 2.45) is 4.99 Å². The highest BCUT2D eigenvalue weighted by Gasteiger charge is 2.15. The number of aryl methyl sites for hydroxylation is 2. The molecule has 0 aliphatic heterocycles. The first kappa shape index (κ1) is 20.2. The number of hydrogen-bond acceptors (Lipinski definition) is 4. The molecule has 142 valence electrons. The number of thiazole rings is 1. The highest BCUT2D eigenvalue weighted by Crippen LogP contribution is 2.24. The molecule has 1 aromatic carbocycles. The summed E-state index contributed by atoms with van der Waals surface area (Å²) in [6, 6.07) is 6.29. The van der Waals surface area contributed by atoms with Crippen LogP contribution >= 0.6 is 11.3 Å². The van der Waals surface area contributed by atoms with Gasteiger partial charge in [0, 0.05) is 30.2 Å². The van der Waals surface area contributed by atoms with Crippen LogP contribution in [0.4, 0.5) is 0 Å². The maximum absolute atomic E-state index is 6.12. The van der Waals surface area contributed by atoms with Crippen LogP contribution in [0.2, 0.25) is 0 Å². The molecular formula is C20H30N4OS. The fourth-order valence-electron chi connectivity index (χ4n) is 2.38. The Balaban J connectivity index is 1.97. The molecule has 0 radical (unpaired) electrons. The largest absolute Gasteiger partial charge is 0.488 e. The molecule has 2 rings (SSSR count). The first-order valence-electron chi connectivity index (χ1n) is 8.97. The van der Waals surface area contributed by atoms with E-state index in [2.05, 4.69) is 73.4 Å². The topological polar surface area (TPSA) is 58.5 Å². The Hall–Kier alpha value is -2.08. The maximum Gasteiger partial charge on any atom is 0.191 e. The zero-order valence-corrected chi connectivity index (χ0v) is 17.5. The minimum absolute atomic E-state index is 0.232. The molecule has 0 amide bonds. The van der Waals surface area contributed by atoms with Gasteiger partial charge in [-0.2, -0.15) is 0 Å². The quantitative estimate of drug-likeness (QED) is 0.591. The van der Waals surface area contributed by atoms with Gasteiger partial charge in [-0.05, 0) is 45.7 Å². The number of guanidine groups is 1. The van der Waals surface area contributed by atoms with Crippen molar-refractivity contribution < 1.29 is 4.74 Å². The Morgan fingerprint density at radius 1 is 1.23 bits per heavy atom. The van der Waals surface area contributed by atoms with E-state index in [1.807, 2.05) is 6.20 Å². The van der Waals surface area contributed by atoms with E-state index < -0.39 is 0 Å². The normalized spacial score (nSPS) is 12.2. The van der Waals surface area contributed by atoms with Crippen LogP contribution in [0.3, 0.4) is 0 Å². The number of aliphatic imine (C=N–C) groups is 1. The van der Waals surface area contributed by atoms with Crippen molar-refractivity contribution in [3.63, 3.8) is 0 Å². The summed E-state index contributed by atoms with van der Waals surface area (Å²) in [7, 11) is 1.77. The van der Waals surface area contributed by atoms with Gasteiger partial charge in [0.05, 0.1) is 6.54 Å². The summed E-state index contributed by atoms with van der Waals surface area (Å²) in [6.07, 6.45) is 2.97. The molecule has 0 saturated heterocycles. The van der Waals surface area contributed by atoms with Gasteiger partial charge in [-0.1, -0.05) is 19.1 Å². The average Bonchev–Trinajstić information content (AvgIpc) is 3.03. The van der Waals surface area contributed by atoms with E-state index in [4.69, 9.17) is 4.74 Å². The number of aromatic nitrogens is 1. The van der Waals surface area contributed by atoms with Gasteiger partial charge in [-0.3, -0.25) is 4.99 Å². The Labute approximate surface area is 160 Å². The lowest BCUT2D eigenvalue weighted by atomic mass is 10.1. The van der Waals surface area contributed by atoms with Gasteiger partial charge in [0.15, 0.2) is 5.96 Å². The van der Waals surface area contributed by atoms with Crippen LogP contribution in [0, 0.1) is 6.92 Å². The zero-order chi connectivity index (χ0) is 19.2. The molecule has 1 heterocycles. The van der Waals surface area contributed by atoms with Gasteiger partial charge < -0.3 is 15.4 Å². The Bertz CT molecular complexity index is 747. The minimum atomic E-state index is -0.232. The summed E-state index contributed by atoms with van der Waals surface area (Å²) < 4.78 is 6.12. The van der Waals surface area contributed by atoms with E-state index in [1.165, 1.54) is 10.4 Å². The molecule has 2 N–H and O–H groups in total. The van der Waals surface area contributed by atoms with Gasteiger partial charge in [-0.25, -0.2) is 4.98 Å². The second-order valence-corrected chi connectivity index (χ2v) is 8.38. The third kappa shape index (κ3) is 6.33. The van der Waals surface area contributed by atoms with Crippen molar-refractivity contribution in [2.75, 3.05) is 7.05 Å². The molecule has 0 bridgehead atoms. The van der Waals surface area contributed by atoms with Crippen LogP contribution in [0.25, 0.3) is 0 Å². The van der Waals surface area contributed by atoms with Crippen LogP contribution in [0.15, 0.2) is 29.4 Å². The zero-order valence-electron chi connectivity index (χ0n) is 16.6. The molecule has 0 unspecified atom stereocenters. The molecule has 0 fully saturated rings. The van der Waals surface area contributed by atoms with E-state index in [1.54, 1.807) is 18.4 Å². The maximum atomic E-state index is 6.12. The van der Waals surface area contributed by atoms with E-state index in [0.29, 0.717) is 13.1 Å². The summed E-state index contributed by atoms with van der Waals surface area (Å²) in [4.78, 5) is 10.0. The van der Waals surface area contributed by atoms with Gasteiger partial charge >= 0.3 is 0 Å². The standard InChI is InChI=1S/C20H30N4OS/c1-7-16-12-22-18(26-16)13-24-19(21-6)23-11-15-9-8-14(2)10-17(15)25-20(3,4)5/h8-10,12H,7,11,13H2,1-6H3,(H2,21,23,24). The number of hydrogen-bond donors (Lipinski definition) is 2. The minimum Gasteiger partial charge on any atom is -0.488 e. The molecule has 0 spiro atoms. The Morgan fingerprint density at radius 3 is 2.58 bits per heavy atom. The smallest absolute Gasteiger partial charge is 0.191 e. The van der Waals surface area contributed by atoms with E-state index in [9.17, 15) is 0 Å². The van der Waals surface area contributed by atoms with Gasteiger partial charge in [0.2, 0.25) is 0 Å². The van der Waals surface area contributed by atoms with Gasteiger partial charge in [0.25, 0.3) is 0 Å². The highest BCUT2D eigenvalue weighted by atomic mass is 32.1. The van der Waals surface area contributed by atoms with Gasteiger partial charge in [-0.15, -0.1) is 11.3 Å². The molecule has 0 aliphatic carbocycles. The third-order valence-corrected chi connectivity index (χ3v) is 4.81. The molecule has 6 heteroatoms. The predicted octanol–water partition coefficient (Wildman–Crippen LogP) is 4.06. The van der Waals surface area contributed by atoms with Crippen LogP contribution in [0.1, 0.15) is 48.7 Å². The Kier molecular flexibility index (Phi) is 7.03. The number of benzene rings is 1. The number of nitrogens with one attached hydrogen (secondary N) is 2. The third-order valence-electron chi connectivity index (χ3n) is 3.67. The molecule has 2 aromatic rings. The highest BCUT2D eigenvalue weighted by molar-refractivity contribution is 7.11. The van der Waals surface area contributed by atoms with Crippen molar-refractivity contribution >= 4 is 17.3 Å². The monoisotopic (exact) mass is 374 g/mol. The number of rotatable bonds is 6. The number of nitrogens with zero attached hydrogens (tertiary/aromatic N) is 2. The summed E-state index contributed by atoms with van der Waals surface area (Å²) >= 11 is 1.73. The van der Waals surface area contributed by atoms with Crippen LogP contribution in [0.5, 0.6) is 5.75 Å². The first-order valence-corrected chi connectivity index (χ1v) is 9.79. The van der Waals surface area contributed by atoms with E-state index in [-0.39, 0.29) is 5.60 Å². The Morgan fingerprint density at radius 2 is 1.96 bits per heavy atom. The van der Waals surface area contributed by atoms with E-state index >= 15 is 0 Å². The van der Waals surface area contributed by atoms with Crippen molar-refractivity contribution in [3.8, 4) is 5.75 Å². The summed E-state index contributed by atoms with van der Waals surface area (Å²) in [6.45, 7) is 11.7. The average molecular weight is 375 g/mol. The molecule has 1 aromatic heterocycles. The van der Waals surface area contributed by atoms with Crippen LogP contribution in [-0.4, -0.2) is 23.6 Å². The van der Waals surface area contributed by atoms with Crippen LogP contribution in [-0.2, 0) is 19.5 Å². The summed E-state index contributed by atoms with van der Waals surface area (Å²) in [5.41, 5.74) is 2.06. The van der Waals surface area contributed by atoms with Crippen molar-refractivity contribution in [3.05, 3.63) is 45.4 Å². The fraction of sp³-hybridized carbons (Fsp3) is 0.500. The summed E-state index contributed by atoms with van der Waals surface area (Å²) in [5, 5.41) is 7.74. The first-order chi connectivity index (χ1) is 12.3. The van der Waals surface area contributed by atoms with Crippen molar-refractivity contribution in [1.29, 1.82) is 0 Å². The lowest BCUT2D eigenvalue weighted by Gasteiger charge is -2.24. The van der Waals surface area contributed by atoms with Crippen molar-refractivity contribution in [2.45, 2.75) is 59.7 Å². The molecule has 5 nitrogen and oxygen atoms in total. The van der Waals surface area contributed by atoms with E-state index in [0.717, 1.165) is 28.7 Å². The lowest BCUT2D eigenvalue weighted by molar-refractivity contribution is 0.129. The number of ether oxygens (including phenoxy) is 1. The fourth-order valence-corrected chi connectivity index (χ4v) is 3.19. The lowest BCUT2D eigenvalue weighted by Crippen LogP contribution is -2.36. The van der Waals surface area contributed by atoms with Crippen LogP contribution < -0.4 is 15.4 Å². The van der Waals surface area contributed by atoms with Gasteiger partial charge in [0.1, 0.15) is 16.4 Å².